The van der Waals surface area contributed by atoms with E-state index in [0.717, 1.165) is 62.4 Å². The van der Waals surface area contributed by atoms with Crippen LogP contribution in [0.4, 0.5) is 5.69 Å². The third kappa shape index (κ3) is 4.08. The Morgan fingerprint density at radius 3 is 3.00 bits per heavy atom. The van der Waals surface area contributed by atoms with Crippen LogP contribution in [0.15, 0.2) is 12.1 Å². The van der Waals surface area contributed by atoms with Crippen LogP contribution in [-0.4, -0.2) is 50.3 Å². The smallest absolute Gasteiger partial charge is 0.315 e. The van der Waals surface area contributed by atoms with Crippen LogP contribution in [0.25, 0.3) is 0 Å². The van der Waals surface area contributed by atoms with Crippen LogP contribution in [0.3, 0.4) is 0 Å². The number of hydrogen-bond acceptors (Lipinski definition) is 5. The summed E-state index contributed by atoms with van der Waals surface area (Å²) in [4.78, 5) is 15.4. The van der Waals surface area contributed by atoms with Crippen molar-refractivity contribution in [2.45, 2.75) is 51.4 Å². The molecular weight excluding hydrogens is 340 g/mol. The summed E-state index contributed by atoms with van der Waals surface area (Å²) in [6, 6.07) is 4.07. The monoisotopic (exact) mass is 372 g/mol. The van der Waals surface area contributed by atoms with Crippen molar-refractivity contribution in [3.63, 3.8) is 0 Å². The van der Waals surface area contributed by atoms with Crippen LogP contribution >= 0.6 is 0 Å². The molecule has 0 aliphatic carbocycles. The molecule has 0 bridgehead atoms. The standard InChI is InChI=1S/C22H32N2O3/c1-2-3-10-24-11-8-16(9-12-24)15-27-22(25)18-14-23-19-6-7-20-17(21(18)19)5-4-13-26-20/h6-7,16,18,23H,2-5,8-15H2,1H3. The van der Waals surface area contributed by atoms with E-state index in [1.54, 1.807) is 0 Å². The van der Waals surface area contributed by atoms with Gasteiger partial charge >= 0.3 is 5.97 Å². The number of anilines is 1. The van der Waals surface area contributed by atoms with E-state index in [4.69, 9.17) is 9.47 Å². The molecule has 0 aromatic heterocycles. The van der Waals surface area contributed by atoms with Gasteiger partial charge in [-0.3, -0.25) is 4.79 Å². The predicted octanol–water partition coefficient (Wildman–Crippen LogP) is 3.58. The van der Waals surface area contributed by atoms with Crippen molar-refractivity contribution in [3.8, 4) is 5.75 Å². The van der Waals surface area contributed by atoms with E-state index in [9.17, 15) is 4.79 Å². The number of nitrogens with zero attached hydrogens (tertiary/aromatic N) is 1. The zero-order valence-corrected chi connectivity index (χ0v) is 16.5. The maximum atomic E-state index is 12.8. The highest BCUT2D eigenvalue weighted by atomic mass is 16.5. The minimum absolute atomic E-state index is 0.0753. The minimum atomic E-state index is -0.193. The predicted molar refractivity (Wildman–Crippen MR) is 107 cm³/mol. The number of benzene rings is 1. The molecule has 0 spiro atoms. The van der Waals surface area contributed by atoms with E-state index < -0.39 is 0 Å². The van der Waals surface area contributed by atoms with E-state index in [-0.39, 0.29) is 11.9 Å². The lowest BCUT2D eigenvalue weighted by molar-refractivity contribution is -0.146. The zero-order chi connectivity index (χ0) is 18.6. The largest absolute Gasteiger partial charge is 0.493 e. The number of fused-ring (bicyclic) bond motifs is 3. The van der Waals surface area contributed by atoms with Crippen LogP contribution in [0.1, 0.15) is 56.1 Å². The molecule has 0 amide bonds. The Bertz CT molecular complexity index is 668. The van der Waals surface area contributed by atoms with E-state index in [0.29, 0.717) is 19.1 Å². The van der Waals surface area contributed by atoms with Gasteiger partial charge in [0.1, 0.15) is 11.7 Å². The summed E-state index contributed by atoms with van der Waals surface area (Å²) >= 11 is 0. The van der Waals surface area contributed by atoms with Gasteiger partial charge in [0, 0.05) is 17.8 Å². The second-order valence-corrected chi connectivity index (χ2v) is 8.16. The number of carbonyl (C=O) groups excluding carboxylic acids is 1. The first kappa shape index (κ1) is 18.6. The molecule has 27 heavy (non-hydrogen) atoms. The molecule has 0 saturated carbocycles. The third-order valence-electron chi connectivity index (χ3n) is 6.27. The third-order valence-corrected chi connectivity index (χ3v) is 6.27. The van der Waals surface area contributed by atoms with Gasteiger partial charge in [-0.15, -0.1) is 0 Å². The average molecular weight is 373 g/mol. The van der Waals surface area contributed by atoms with Crippen molar-refractivity contribution < 1.29 is 14.3 Å². The Morgan fingerprint density at radius 2 is 2.19 bits per heavy atom. The number of hydrogen-bond donors (Lipinski definition) is 1. The number of piperidine rings is 1. The highest BCUT2D eigenvalue weighted by molar-refractivity contribution is 5.85. The maximum Gasteiger partial charge on any atom is 0.315 e. The van der Waals surface area contributed by atoms with Crippen molar-refractivity contribution in [2.75, 3.05) is 44.7 Å². The number of carbonyl (C=O) groups is 1. The zero-order valence-electron chi connectivity index (χ0n) is 16.5. The number of ether oxygens (including phenoxy) is 2. The quantitative estimate of drug-likeness (QED) is 0.774. The highest BCUT2D eigenvalue weighted by Gasteiger charge is 2.34. The lowest BCUT2D eigenvalue weighted by Gasteiger charge is -2.31. The maximum absolute atomic E-state index is 12.8. The fourth-order valence-electron chi connectivity index (χ4n) is 4.60. The number of likely N-dealkylation sites (tertiary alicyclic amines) is 1. The molecule has 3 aliphatic rings. The number of rotatable bonds is 6. The molecule has 148 valence electrons. The van der Waals surface area contributed by atoms with E-state index in [2.05, 4.69) is 17.1 Å². The van der Waals surface area contributed by atoms with Crippen molar-refractivity contribution in [2.24, 2.45) is 5.92 Å². The Hall–Kier alpha value is -1.75. The molecule has 4 rings (SSSR count). The average Bonchev–Trinajstić information content (AvgIpc) is 3.16. The van der Waals surface area contributed by atoms with Gasteiger partial charge in [-0.25, -0.2) is 0 Å². The van der Waals surface area contributed by atoms with Gasteiger partial charge in [-0.05, 0) is 75.4 Å². The molecule has 1 N–H and O–H groups in total. The summed E-state index contributed by atoms with van der Waals surface area (Å²) in [6.45, 7) is 7.71. The molecule has 1 fully saturated rings. The van der Waals surface area contributed by atoms with E-state index in [1.807, 2.05) is 12.1 Å². The molecule has 1 unspecified atom stereocenters. The first-order valence-electron chi connectivity index (χ1n) is 10.7. The van der Waals surface area contributed by atoms with Gasteiger partial charge in [-0.1, -0.05) is 13.3 Å². The Labute approximate surface area is 162 Å². The van der Waals surface area contributed by atoms with Crippen LogP contribution in [0.2, 0.25) is 0 Å². The van der Waals surface area contributed by atoms with Gasteiger partial charge < -0.3 is 19.7 Å². The lowest BCUT2D eigenvalue weighted by Crippen LogP contribution is -2.36. The molecule has 1 aromatic rings. The van der Waals surface area contributed by atoms with E-state index in [1.165, 1.54) is 24.9 Å². The second kappa shape index (κ2) is 8.51. The first-order chi connectivity index (χ1) is 13.3. The Balaban J connectivity index is 1.32. The SMILES string of the molecule is CCCCN1CCC(COC(=O)C2CNc3ccc4c(c32)CCCO4)CC1. The molecule has 1 atom stereocenters. The van der Waals surface area contributed by atoms with Gasteiger partial charge in [0.2, 0.25) is 0 Å². The number of nitrogens with one attached hydrogen (secondary N) is 1. The van der Waals surface area contributed by atoms with Crippen molar-refractivity contribution in [3.05, 3.63) is 23.3 Å². The summed E-state index contributed by atoms with van der Waals surface area (Å²) in [7, 11) is 0. The highest BCUT2D eigenvalue weighted by Crippen LogP contribution is 2.41. The molecular formula is C22H32N2O3. The van der Waals surface area contributed by atoms with Gasteiger partial charge in [0.25, 0.3) is 0 Å². The Morgan fingerprint density at radius 1 is 1.33 bits per heavy atom. The fraction of sp³-hybridized carbons (Fsp3) is 0.682. The van der Waals surface area contributed by atoms with Crippen molar-refractivity contribution in [1.82, 2.24) is 4.90 Å². The van der Waals surface area contributed by atoms with E-state index >= 15 is 0 Å². The molecule has 3 aliphatic heterocycles. The van der Waals surface area contributed by atoms with Gasteiger partial charge in [-0.2, -0.15) is 0 Å². The van der Waals surface area contributed by atoms with Crippen LogP contribution in [0.5, 0.6) is 5.75 Å². The summed E-state index contributed by atoms with van der Waals surface area (Å²) in [6.07, 6.45) is 6.81. The topological polar surface area (TPSA) is 50.8 Å². The van der Waals surface area contributed by atoms with Gasteiger partial charge in [0.05, 0.1) is 13.2 Å². The molecule has 0 radical (unpaired) electrons. The summed E-state index contributed by atoms with van der Waals surface area (Å²) in [5, 5.41) is 3.38. The normalized spacial score (nSPS) is 22.5. The number of esters is 1. The molecule has 5 heteroatoms. The Kier molecular flexibility index (Phi) is 5.86. The lowest BCUT2D eigenvalue weighted by atomic mass is 9.91. The van der Waals surface area contributed by atoms with Crippen molar-refractivity contribution >= 4 is 11.7 Å². The molecule has 3 heterocycles. The van der Waals surface area contributed by atoms with Crippen LogP contribution in [0, 0.1) is 5.92 Å². The summed E-state index contributed by atoms with van der Waals surface area (Å²) < 4.78 is 11.6. The molecule has 1 saturated heterocycles. The second-order valence-electron chi connectivity index (χ2n) is 8.16. The van der Waals surface area contributed by atoms with Crippen LogP contribution in [-0.2, 0) is 16.0 Å². The van der Waals surface area contributed by atoms with Crippen molar-refractivity contribution in [1.29, 1.82) is 0 Å². The minimum Gasteiger partial charge on any atom is -0.493 e. The molecule has 5 nitrogen and oxygen atoms in total. The van der Waals surface area contributed by atoms with Gasteiger partial charge in [0.15, 0.2) is 0 Å². The fourth-order valence-corrected chi connectivity index (χ4v) is 4.60. The summed E-state index contributed by atoms with van der Waals surface area (Å²) in [5.74, 6) is 1.18. The summed E-state index contributed by atoms with van der Waals surface area (Å²) in [5.41, 5.74) is 3.40. The van der Waals surface area contributed by atoms with Crippen LogP contribution < -0.4 is 10.1 Å². The first-order valence-corrected chi connectivity index (χ1v) is 10.7. The number of unbranched alkanes of at least 4 members (excludes halogenated alkanes) is 1. The molecule has 1 aromatic carbocycles.